The lowest BCUT2D eigenvalue weighted by Crippen LogP contribution is -2.33. The summed E-state index contributed by atoms with van der Waals surface area (Å²) in [6.07, 6.45) is -0.815. The molecule has 0 aromatic rings. The molecular formula is C5H10N2O2S. The van der Waals surface area contributed by atoms with Crippen LogP contribution in [0.5, 0.6) is 0 Å². The van der Waals surface area contributed by atoms with Gasteiger partial charge in [-0.05, 0) is 0 Å². The largest absolute Gasteiger partial charge is 0.465 e. The van der Waals surface area contributed by atoms with Gasteiger partial charge in [-0.1, -0.05) is 11.9 Å². The van der Waals surface area contributed by atoms with Gasteiger partial charge in [0, 0.05) is 25.4 Å². The maximum Gasteiger partial charge on any atom is 0.407 e. The first kappa shape index (κ1) is 7.68. The van der Waals surface area contributed by atoms with Gasteiger partial charge in [-0.15, -0.1) is 0 Å². The number of nitrogens with one attached hydrogen (secondary N) is 1. The molecule has 0 saturated carbocycles. The van der Waals surface area contributed by atoms with Crippen molar-refractivity contribution in [3.63, 3.8) is 0 Å². The normalized spacial score (nSPS) is 20.2. The van der Waals surface area contributed by atoms with Gasteiger partial charge in [-0.2, -0.15) is 0 Å². The Hall–Kier alpha value is -0.420. The fourth-order valence-electron chi connectivity index (χ4n) is 0.784. The first-order valence-electron chi connectivity index (χ1n) is 3.13. The van der Waals surface area contributed by atoms with Crippen molar-refractivity contribution in [2.75, 3.05) is 25.4 Å². The van der Waals surface area contributed by atoms with Crippen molar-refractivity contribution in [2.45, 2.75) is 0 Å². The molecule has 5 heteroatoms. The van der Waals surface area contributed by atoms with Gasteiger partial charge in [0.15, 0.2) is 0 Å². The second-order valence-corrected chi connectivity index (χ2v) is 3.00. The molecule has 1 saturated heterocycles. The summed E-state index contributed by atoms with van der Waals surface area (Å²) in [4.78, 5) is 11.8. The van der Waals surface area contributed by atoms with Crippen molar-refractivity contribution in [2.24, 2.45) is 0 Å². The van der Waals surface area contributed by atoms with Crippen LogP contribution < -0.4 is 4.72 Å². The van der Waals surface area contributed by atoms with Crippen LogP contribution in [-0.4, -0.2) is 41.5 Å². The summed E-state index contributed by atoms with van der Waals surface area (Å²) < 4.78 is 3.04. The number of hydrogen-bond donors (Lipinski definition) is 2. The Morgan fingerprint density at radius 2 is 2.40 bits per heavy atom. The molecule has 0 spiro atoms. The molecule has 2 N–H and O–H groups in total. The van der Waals surface area contributed by atoms with E-state index in [1.165, 1.54) is 4.90 Å². The highest BCUT2D eigenvalue weighted by atomic mass is 32.2. The highest BCUT2D eigenvalue weighted by Crippen LogP contribution is 2.00. The molecule has 0 bridgehead atoms. The van der Waals surface area contributed by atoms with Crippen LogP contribution >= 0.6 is 11.9 Å². The van der Waals surface area contributed by atoms with Crippen molar-refractivity contribution in [1.82, 2.24) is 9.62 Å². The first-order valence-corrected chi connectivity index (χ1v) is 4.12. The van der Waals surface area contributed by atoms with Crippen LogP contribution in [0.4, 0.5) is 4.79 Å². The van der Waals surface area contributed by atoms with E-state index in [9.17, 15) is 4.79 Å². The number of nitrogens with zero attached hydrogens (tertiary/aromatic N) is 1. The molecule has 1 aliphatic heterocycles. The van der Waals surface area contributed by atoms with Gasteiger partial charge >= 0.3 is 6.09 Å². The molecule has 1 amide bonds. The first-order chi connectivity index (χ1) is 4.80. The lowest BCUT2D eigenvalue weighted by Gasteiger charge is -2.13. The molecule has 58 valence electrons. The fraction of sp³-hybridized carbons (Fsp3) is 0.800. The van der Waals surface area contributed by atoms with E-state index in [1.54, 1.807) is 11.9 Å². The average Bonchev–Trinajstić information content (AvgIpc) is 2.12. The van der Waals surface area contributed by atoms with Crippen molar-refractivity contribution in [3.8, 4) is 0 Å². The second-order valence-electron chi connectivity index (χ2n) is 2.01. The Morgan fingerprint density at radius 1 is 1.60 bits per heavy atom. The topological polar surface area (TPSA) is 52.6 Å². The van der Waals surface area contributed by atoms with Gasteiger partial charge in [0.25, 0.3) is 0 Å². The number of amides is 1. The van der Waals surface area contributed by atoms with Gasteiger partial charge in [0.1, 0.15) is 0 Å². The van der Waals surface area contributed by atoms with Crippen LogP contribution in [0.2, 0.25) is 0 Å². The van der Waals surface area contributed by atoms with Gasteiger partial charge in [0.05, 0.1) is 0 Å². The van der Waals surface area contributed by atoms with E-state index >= 15 is 0 Å². The van der Waals surface area contributed by atoms with Gasteiger partial charge < -0.3 is 10.0 Å². The van der Waals surface area contributed by atoms with Crippen LogP contribution in [0.15, 0.2) is 0 Å². The summed E-state index contributed by atoms with van der Waals surface area (Å²) in [5.74, 6) is 0.840. The minimum absolute atomic E-state index is 0.600. The minimum Gasteiger partial charge on any atom is -0.465 e. The molecule has 0 aromatic heterocycles. The van der Waals surface area contributed by atoms with Gasteiger partial charge in [-0.25, -0.2) is 4.79 Å². The Morgan fingerprint density at radius 3 is 3.10 bits per heavy atom. The zero-order valence-electron chi connectivity index (χ0n) is 5.54. The molecule has 0 unspecified atom stereocenters. The highest BCUT2D eigenvalue weighted by Gasteiger charge is 2.12. The molecule has 1 fully saturated rings. The highest BCUT2D eigenvalue weighted by molar-refractivity contribution is 7.97. The summed E-state index contributed by atoms with van der Waals surface area (Å²) in [6, 6.07) is 0. The number of hydrogen-bond acceptors (Lipinski definition) is 3. The molecule has 0 atom stereocenters. The van der Waals surface area contributed by atoms with Gasteiger partial charge in [-0.3, -0.25) is 4.72 Å². The third-order valence-electron chi connectivity index (χ3n) is 1.32. The molecular weight excluding hydrogens is 152 g/mol. The lowest BCUT2D eigenvalue weighted by molar-refractivity contribution is 0.150. The van der Waals surface area contributed by atoms with E-state index in [0.717, 1.165) is 12.3 Å². The van der Waals surface area contributed by atoms with E-state index in [2.05, 4.69) is 4.72 Å². The Labute approximate surface area is 63.7 Å². The van der Waals surface area contributed by atoms with Crippen molar-refractivity contribution < 1.29 is 9.90 Å². The van der Waals surface area contributed by atoms with Crippen LogP contribution in [0.1, 0.15) is 0 Å². The lowest BCUT2D eigenvalue weighted by atomic mass is 10.5. The fourth-order valence-corrected chi connectivity index (χ4v) is 1.48. The summed E-state index contributed by atoms with van der Waals surface area (Å²) in [6.45, 7) is 1.98. The van der Waals surface area contributed by atoms with E-state index in [4.69, 9.17) is 5.11 Å². The van der Waals surface area contributed by atoms with E-state index in [-0.39, 0.29) is 0 Å². The van der Waals surface area contributed by atoms with Crippen LogP contribution in [0, 0.1) is 0 Å². The van der Waals surface area contributed by atoms with Crippen molar-refractivity contribution in [1.29, 1.82) is 0 Å². The third-order valence-corrected chi connectivity index (χ3v) is 2.11. The van der Waals surface area contributed by atoms with E-state index in [1.807, 2.05) is 0 Å². The van der Waals surface area contributed by atoms with Crippen LogP contribution in [-0.2, 0) is 0 Å². The molecule has 0 radical (unpaired) electrons. The third kappa shape index (κ3) is 2.07. The van der Waals surface area contributed by atoms with E-state index < -0.39 is 6.09 Å². The molecule has 0 aromatic carbocycles. The smallest absolute Gasteiger partial charge is 0.407 e. The van der Waals surface area contributed by atoms with E-state index in [0.29, 0.717) is 13.1 Å². The van der Waals surface area contributed by atoms with Crippen LogP contribution in [0.3, 0.4) is 0 Å². The summed E-state index contributed by atoms with van der Waals surface area (Å²) in [5, 5.41) is 8.55. The Bertz CT molecular complexity index is 123. The maximum absolute atomic E-state index is 10.4. The molecule has 1 heterocycles. The van der Waals surface area contributed by atoms with Crippen molar-refractivity contribution >= 4 is 18.0 Å². The molecule has 1 rings (SSSR count). The zero-order chi connectivity index (χ0) is 7.40. The second kappa shape index (κ2) is 3.68. The van der Waals surface area contributed by atoms with Crippen LogP contribution in [0.25, 0.3) is 0 Å². The van der Waals surface area contributed by atoms with Crippen molar-refractivity contribution in [3.05, 3.63) is 0 Å². The summed E-state index contributed by atoms with van der Waals surface area (Å²) >= 11 is 1.58. The predicted molar refractivity (Wildman–Crippen MR) is 40.1 cm³/mol. The zero-order valence-corrected chi connectivity index (χ0v) is 6.36. The predicted octanol–water partition coefficient (Wildman–Crippen LogP) is 0.218. The Kier molecular flexibility index (Phi) is 2.82. The number of carboxylic acid groups (broad SMARTS) is 1. The monoisotopic (exact) mass is 162 g/mol. The summed E-state index contributed by atoms with van der Waals surface area (Å²) in [7, 11) is 0. The minimum atomic E-state index is -0.815. The molecule has 1 aliphatic rings. The molecule has 4 nitrogen and oxygen atoms in total. The van der Waals surface area contributed by atoms with Gasteiger partial charge in [0.2, 0.25) is 0 Å². The average molecular weight is 162 g/mol. The quantitative estimate of drug-likeness (QED) is 0.500. The standard InChI is InChI=1S/C5H10N2O2S/c8-5(9)7-2-1-6-10-4-3-7/h6H,1-4H2,(H,8,9). The molecule has 0 aliphatic carbocycles. The molecule has 10 heavy (non-hydrogen) atoms. The summed E-state index contributed by atoms with van der Waals surface area (Å²) in [5.41, 5.74) is 0. The maximum atomic E-state index is 10.4. The SMILES string of the molecule is O=C(O)N1CCNSCC1. The number of rotatable bonds is 0. The number of carbonyl (C=O) groups is 1. The Balaban J connectivity index is 2.35.